The lowest BCUT2D eigenvalue weighted by Crippen LogP contribution is -2.46. The van der Waals surface area contributed by atoms with E-state index in [1.807, 2.05) is 11.8 Å². The van der Waals surface area contributed by atoms with Crippen LogP contribution in [0.4, 0.5) is 16.3 Å². The molecule has 2 atom stereocenters. The van der Waals surface area contributed by atoms with Crippen LogP contribution in [0.1, 0.15) is 40.5 Å². The zero-order valence-corrected chi connectivity index (χ0v) is 16.6. The van der Waals surface area contributed by atoms with E-state index in [0.29, 0.717) is 38.3 Å². The number of methoxy groups -OCH3 is 1. The Kier molecular flexibility index (Phi) is 6.63. The number of anilines is 1. The first-order valence-corrected chi connectivity index (χ1v) is 9.13. The van der Waals surface area contributed by atoms with Crippen molar-refractivity contribution in [2.75, 3.05) is 25.1 Å². The summed E-state index contributed by atoms with van der Waals surface area (Å²) < 4.78 is 12.5. The minimum Gasteiger partial charge on any atom is -0.444 e. The largest absolute Gasteiger partial charge is 0.444 e. The van der Waals surface area contributed by atoms with Crippen LogP contribution in [0.15, 0.2) is 6.20 Å². The van der Waals surface area contributed by atoms with Crippen LogP contribution in [-0.2, 0) is 16.0 Å². The Hall–Kier alpha value is -2.36. The molecule has 10 nitrogen and oxygen atoms in total. The molecule has 0 aliphatic carbocycles. The minimum atomic E-state index is -0.586. The first kappa shape index (κ1) is 20.9. The van der Waals surface area contributed by atoms with Gasteiger partial charge in [-0.2, -0.15) is 5.10 Å². The van der Waals surface area contributed by atoms with E-state index < -0.39 is 16.6 Å². The Labute approximate surface area is 158 Å². The number of rotatable bonds is 5. The van der Waals surface area contributed by atoms with E-state index in [4.69, 9.17) is 9.47 Å². The van der Waals surface area contributed by atoms with Crippen LogP contribution in [0.3, 0.4) is 0 Å². The van der Waals surface area contributed by atoms with Crippen LogP contribution in [-0.4, -0.2) is 58.7 Å². The van der Waals surface area contributed by atoms with Gasteiger partial charge < -0.3 is 19.7 Å². The second-order valence-electron chi connectivity index (χ2n) is 7.52. The average molecular weight is 383 g/mol. The van der Waals surface area contributed by atoms with Crippen molar-refractivity contribution >= 4 is 17.6 Å². The molecule has 152 valence electrons. The number of nitrogens with zero attached hydrogens (tertiary/aromatic N) is 4. The van der Waals surface area contributed by atoms with Gasteiger partial charge in [0.15, 0.2) is 0 Å². The third-order valence-electron chi connectivity index (χ3n) is 4.44. The molecular formula is C17H29N5O5. The van der Waals surface area contributed by atoms with E-state index in [2.05, 4.69) is 10.4 Å². The van der Waals surface area contributed by atoms with Gasteiger partial charge in [-0.05, 0) is 40.5 Å². The predicted molar refractivity (Wildman–Crippen MR) is 100.0 cm³/mol. The van der Waals surface area contributed by atoms with Crippen molar-refractivity contribution in [3.05, 3.63) is 16.3 Å². The Morgan fingerprint density at radius 3 is 2.63 bits per heavy atom. The van der Waals surface area contributed by atoms with Crippen LogP contribution < -0.4 is 10.2 Å². The molecule has 1 amide bonds. The summed E-state index contributed by atoms with van der Waals surface area (Å²) in [6.45, 7) is 8.95. The van der Waals surface area contributed by atoms with Crippen molar-refractivity contribution in [2.45, 2.75) is 64.8 Å². The Morgan fingerprint density at radius 1 is 1.41 bits per heavy atom. The first-order valence-electron chi connectivity index (χ1n) is 9.13. The fourth-order valence-corrected chi connectivity index (χ4v) is 3.25. The molecule has 10 heteroatoms. The highest BCUT2D eigenvalue weighted by Crippen LogP contribution is 2.30. The predicted octanol–water partition coefficient (Wildman–Crippen LogP) is 2.32. The molecule has 1 aromatic heterocycles. The van der Waals surface area contributed by atoms with Crippen molar-refractivity contribution in [3.8, 4) is 0 Å². The van der Waals surface area contributed by atoms with E-state index >= 15 is 0 Å². The maximum Gasteiger partial charge on any atom is 0.407 e. The summed E-state index contributed by atoms with van der Waals surface area (Å²) in [5.74, 6) is 0.496. The number of carbonyl (C=O) groups is 1. The van der Waals surface area contributed by atoms with Gasteiger partial charge in [0.25, 0.3) is 0 Å². The van der Waals surface area contributed by atoms with Gasteiger partial charge >= 0.3 is 11.8 Å². The lowest BCUT2D eigenvalue weighted by molar-refractivity contribution is -0.384. The number of aromatic nitrogens is 2. The fraction of sp³-hybridized carbons (Fsp3) is 0.765. The summed E-state index contributed by atoms with van der Waals surface area (Å²) in [5.41, 5.74) is -0.596. The Morgan fingerprint density at radius 2 is 2.07 bits per heavy atom. The van der Waals surface area contributed by atoms with Gasteiger partial charge in [0.2, 0.25) is 5.82 Å². The van der Waals surface area contributed by atoms with E-state index in [9.17, 15) is 14.9 Å². The number of hydrogen-bond acceptors (Lipinski definition) is 7. The van der Waals surface area contributed by atoms with Gasteiger partial charge in [0.1, 0.15) is 11.8 Å². The third-order valence-corrected chi connectivity index (χ3v) is 4.44. The molecule has 1 N–H and O–H groups in total. The molecule has 1 aliphatic rings. The maximum atomic E-state index is 12.1. The molecule has 1 aromatic rings. The van der Waals surface area contributed by atoms with Crippen LogP contribution >= 0.6 is 0 Å². The second kappa shape index (κ2) is 8.55. The van der Waals surface area contributed by atoms with E-state index in [0.717, 1.165) is 0 Å². The molecule has 0 aromatic carbocycles. The van der Waals surface area contributed by atoms with E-state index in [-0.39, 0.29) is 17.8 Å². The van der Waals surface area contributed by atoms with Crippen LogP contribution in [0.2, 0.25) is 0 Å². The summed E-state index contributed by atoms with van der Waals surface area (Å²) in [5, 5.41) is 18.4. The van der Waals surface area contributed by atoms with Gasteiger partial charge in [0, 0.05) is 26.7 Å². The first-order chi connectivity index (χ1) is 12.7. The molecule has 2 heterocycles. The summed E-state index contributed by atoms with van der Waals surface area (Å²) in [6, 6.07) is -0.244. The second-order valence-corrected chi connectivity index (χ2v) is 7.52. The van der Waals surface area contributed by atoms with Crippen molar-refractivity contribution in [1.29, 1.82) is 0 Å². The Balaban J connectivity index is 2.15. The summed E-state index contributed by atoms with van der Waals surface area (Å²) in [6.07, 6.45) is 1.77. The topological polar surface area (TPSA) is 112 Å². The van der Waals surface area contributed by atoms with Crippen LogP contribution in [0.25, 0.3) is 0 Å². The number of alkyl carbamates (subject to hydrolysis) is 1. The highest BCUT2D eigenvalue weighted by molar-refractivity contribution is 5.68. The molecule has 27 heavy (non-hydrogen) atoms. The fourth-order valence-electron chi connectivity index (χ4n) is 3.25. The molecule has 1 saturated heterocycles. The number of hydrogen-bond donors (Lipinski definition) is 1. The quantitative estimate of drug-likeness (QED) is 0.613. The number of aryl methyl sites for hydroxylation is 1. The molecule has 0 bridgehead atoms. The van der Waals surface area contributed by atoms with E-state index in [1.165, 1.54) is 6.20 Å². The monoisotopic (exact) mass is 383 g/mol. The highest BCUT2D eigenvalue weighted by Gasteiger charge is 2.33. The van der Waals surface area contributed by atoms with Crippen LogP contribution in [0.5, 0.6) is 0 Å². The van der Waals surface area contributed by atoms with Gasteiger partial charge in [-0.15, -0.1) is 0 Å². The van der Waals surface area contributed by atoms with Crippen LogP contribution in [0, 0.1) is 10.1 Å². The zero-order chi connectivity index (χ0) is 20.2. The van der Waals surface area contributed by atoms with Crippen molar-refractivity contribution in [1.82, 2.24) is 15.1 Å². The number of ether oxygens (including phenoxy) is 2. The standard InChI is InChI=1S/C17H29N5O5/c1-6-21-15(13(11-18-21)22(24)25)20-9-7-12(14(26-5)8-10-20)19-16(23)27-17(2,3)4/h11-12,14H,6-10H2,1-5H3,(H,19,23)/t12-,14+/m0/s1. The van der Waals surface area contributed by atoms with Crippen molar-refractivity contribution < 1.29 is 19.2 Å². The van der Waals surface area contributed by atoms with Gasteiger partial charge in [-0.3, -0.25) is 10.1 Å². The highest BCUT2D eigenvalue weighted by atomic mass is 16.6. The minimum absolute atomic E-state index is 0.00984. The maximum absolute atomic E-state index is 12.1. The molecule has 0 saturated carbocycles. The molecule has 0 spiro atoms. The normalized spacial score (nSPS) is 20.9. The van der Waals surface area contributed by atoms with E-state index in [1.54, 1.807) is 32.6 Å². The molecule has 1 aliphatic heterocycles. The zero-order valence-electron chi connectivity index (χ0n) is 16.6. The molecule has 2 rings (SSSR count). The summed E-state index contributed by atoms with van der Waals surface area (Å²) in [4.78, 5) is 25.0. The lowest BCUT2D eigenvalue weighted by Gasteiger charge is -2.26. The Bertz CT molecular complexity index is 669. The molecule has 1 fully saturated rings. The van der Waals surface area contributed by atoms with Gasteiger partial charge in [-0.1, -0.05) is 0 Å². The molecule has 0 radical (unpaired) electrons. The number of nitro groups is 1. The van der Waals surface area contributed by atoms with Gasteiger partial charge in [-0.25, -0.2) is 9.48 Å². The van der Waals surface area contributed by atoms with Gasteiger partial charge in [0.05, 0.1) is 17.1 Å². The number of nitrogens with one attached hydrogen (secondary N) is 1. The number of carbonyl (C=O) groups excluding carboxylic acids is 1. The van der Waals surface area contributed by atoms with Crippen molar-refractivity contribution in [2.24, 2.45) is 0 Å². The average Bonchev–Trinajstić information content (AvgIpc) is 2.90. The third kappa shape index (κ3) is 5.31. The van der Waals surface area contributed by atoms with Crippen molar-refractivity contribution in [3.63, 3.8) is 0 Å². The summed E-state index contributed by atoms with van der Waals surface area (Å²) in [7, 11) is 1.60. The SMILES string of the molecule is CCn1ncc([N+](=O)[O-])c1N1CC[C@H](NC(=O)OC(C)(C)C)[C@H](OC)CC1. The molecular weight excluding hydrogens is 354 g/mol. The summed E-state index contributed by atoms with van der Waals surface area (Å²) >= 11 is 0. The molecule has 0 unspecified atom stereocenters. The number of amides is 1. The lowest BCUT2D eigenvalue weighted by atomic mass is 10.1. The smallest absolute Gasteiger partial charge is 0.407 e.